The standard InChI is InChI=1S/C24H27N3O3/c28-20-13-6-11-18-22(20)23(21-14-7-15-30-21)27(19-12-5-4-10-17(19)26-18)24(29)25-16-8-2-1-3-9-16/h4-5,7,10,12,14-16,23,26H,1-3,6,8-9,11,13H2,(H,25,29)/t23-/m0/s1. The lowest BCUT2D eigenvalue weighted by Crippen LogP contribution is -2.48. The van der Waals surface area contributed by atoms with E-state index in [4.69, 9.17) is 4.42 Å². The lowest BCUT2D eigenvalue weighted by molar-refractivity contribution is -0.116. The fourth-order valence-electron chi connectivity index (χ4n) is 4.96. The first kappa shape index (κ1) is 19.0. The maximum atomic E-state index is 13.7. The summed E-state index contributed by atoms with van der Waals surface area (Å²) in [6.45, 7) is 0. The monoisotopic (exact) mass is 405 g/mol. The van der Waals surface area contributed by atoms with Crippen LogP contribution in [0.3, 0.4) is 0 Å². The van der Waals surface area contributed by atoms with E-state index in [2.05, 4.69) is 10.6 Å². The number of ketones is 1. The minimum absolute atomic E-state index is 0.0772. The SMILES string of the molecule is O=C1CCCC2=C1[C@H](c1ccco1)N(C(=O)NC1CCCCC1)c1ccccc1N2. The molecule has 2 amide bonds. The molecule has 6 heteroatoms. The second-order valence-electron chi connectivity index (χ2n) is 8.38. The van der Waals surface area contributed by atoms with Gasteiger partial charge in [0.15, 0.2) is 5.78 Å². The van der Waals surface area contributed by atoms with Crippen LogP contribution in [0.15, 0.2) is 58.3 Å². The first-order chi connectivity index (χ1) is 14.7. The van der Waals surface area contributed by atoms with E-state index >= 15 is 0 Å². The molecular weight excluding hydrogens is 378 g/mol. The number of hydrogen-bond acceptors (Lipinski definition) is 4. The molecule has 1 atom stereocenters. The number of benzene rings is 1. The summed E-state index contributed by atoms with van der Waals surface area (Å²) in [6, 6.07) is 10.8. The molecule has 0 spiro atoms. The number of carbonyl (C=O) groups excluding carboxylic acids is 2. The van der Waals surface area contributed by atoms with Gasteiger partial charge in [0.1, 0.15) is 11.8 Å². The van der Waals surface area contributed by atoms with Gasteiger partial charge in [-0.15, -0.1) is 0 Å². The van der Waals surface area contributed by atoms with Crippen LogP contribution in [0.4, 0.5) is 16.2 Å². The summed E-state index contributed by atoms with van der Waals surface area (Å²) >= 11 is 0. The first-order valence-corrected chi connectivity index (χ1v) is 11.0. The molecule has 2 aromatic rings. The zero-order chi connectivity index (χ0) is 20.5. The van der Waals surface area contributed by atoms with Gasteiger partial charge >= 0.3 is 6.03 Å². The maximum absolute atomic E-state index is 13.7. The van der Waals surface area contributed by atoms with Gasteiger partial charge in [0.05, 0.1) is 17.6 Å². The van der Waals surface area contributed by atoms with Crippen LogP contribution in [-0.2, 0) is 4.79 Å². The lowest BCUT2D eigenvalue weighted by Gasteiger charge is -2.34. The first-order valence-electron chi connectivity index (χ1n) is 11.0. The van der Waals surface area contributed by atoms with Crippen LogP contribution in [-0.4, -0.2) is 17.9 Å². The fourth-order valence-corrected chi connectivity index (χ4v) is 4.96. The Bertz CT molecular complexity index is 973. The molecule has 0 saturated heterocycles. The van der Waals surface area contributed by atoms with Gasteiger partial charge in [0.25, 0.3) is 0 Å². The van der Waals surface area contributed by atoms with Crippen molar-refractivity contribution in [1.82, 2.24) is 5.32 Å². The second kappa shape index (κ2) is 8.01. The molecule has 5 rings (SSSR count). The van der Waals surface area contributed by atoms with Gasteiger partial charge in [-0.05, 0) is 49.9 Å². The molecule has 1 fully saturated rings. The molecule has 156 valence electrons. The van der Waals surface area contributed by atoms with Gasteiger partial charge in [-0.1, -0.05) is 31.4 Å². The number of carbonyl (C=O) groups is 2. The number of urea groups is 1. The van der Waals surface area contributed by atoms with Crippen LogP contribution >= 0.6 is 0 Å². The molecule has 1 aromatic carbocycles. The van der Waals surface area contributed by atoms with Crippen LogP contribution < -0.4 is 15.5 Å². The Hall–Kier alpha value is -3.02. The summed E-state index contributed by atoms with van der Waals surface area (Å²) in [7, 11) is 0. The summed E-state index contributed by atoms with van der Waals surface area (Å²) in [4.78, 5) is 28.5. The number of para-hydroxylation sites is 2. The molecule has 0 bridgehead atoms. The Morgan fingerprint density at radius 2 is 1.87 bits per heavy atom. The van der Waals surface area contributed by atoms with E-state index in [1.807, 2.05) is 36.4 Å². The van der Waals surface area contributed by atoms with Gasteiger partial charge in [-0.3, -0.25) is 9.69 Å². The molecule has 6 nitrogen and oxygen atoms in total. The average molecular weight is 405 g/mol. The number of nitrogens with one attached hydrogen (secondary N) is 2. The number of fused-ring (bicyclic) bond motifs is 1. The third-order valence-corrected chi connectivity index (χ3v) is 6.40. The number of amides is 2. The quantitative estimate of drug-likeness (QED) is 0.711. The molecule has 1 saturated carbocycles. The maximum Gasteiger partial charge on any atom is 0.323 e. The fraction of sp³-hybridized carbons (Fsp3) is 0.417. The molecule has 0 radical (unpaired) electrons. The summed E-state index contributed by atoms with van der Waals surface area (Å²) < 4.78 is 5.78. The number of Topliss-reactive ketones (excluding diaryl/α,β-unsaturated/α-hetero) is 1. The van der Waals surface area contributed by atoms with Crippen molar-refractivity contribution >= 4 is 23.2 Å². The van der Waals surface area contributed by atoms with Crippen molar-refractivity contribution in [3.8, 4) is 0 Å². The number of hydrogen-bond donors (Lipinski definition) is 2. The zero-order valence-electron chi connectivity index (χ0n) is 17.0. The van der Waals surface area contributed by atoms with E-state index < -0.39 is 6.04 Å². The Morgan fingerprint density at radius 1 is 1.03 bits per heavy atom. The molecule has 2 N–H and O–H groups in total. The van der Waals surface area contributed by atoms with E-state index in [0.717, 1.165) is 55.6 Å². The topological polar surface area (TPSA) is 74.6 Å². The van der Waals surface area contributed by atoms with Gasteiger partial charge < -0.3 is 15.1 Å². The molecule has 1 aliphatic heterocycles. The molecule has 0 unspecified atom stereocenters. The van der Waals surface area contributed by atoms with Crippen molar-refractivity contribution in [3.63, 3.8) is 0 Å². The highest BCUT2D eigenvalue weighted by molar-refractivity contribution is 6.05. The molecule has 1 aromatic heterocycles. The molecule has 2 aliphatic carbocycles. The number of rotatable bonds is 2. The predicted molar refractivity (Wildman–Crippen MR) is 115 cm³/mol. The molecular formula is C24H27N3O3. The van der Waals surface area contributed by atoms with Gasteiger partial charge in [0, 0.05) is 23.7 Å². The molecule has 30 heavy (non-hydrogen) atoms. The number of furan rings is 1. The largest absolute Gasteiger partial charge is 0.467 e. The smallest absolute Gasteiger partial charge is 0.323 e. The summed E-state index contributed by atoms with van der Waals surface area (Å²) in [5, 5.41) is 6.71. The summed E-state index contributed by atoms with van der Waals surface area (Å²) in [5.74, 6) is 0.684. The van der Waals surface area contributed by atoms with Gasteiger partial charge in [-0.2, -0.15) is 0 Å². The number of nitrogens with zero attached hydrogens (tertiary/aromatic N) is 1. The number of allylic oxidation sites excluding steroid dienone is 1. The van der Waals surface area contributed by atoms with Gasteiger partial charge in [0.2, 0.25) is 0 Å². The van der Waals surface area contributed by atoms with E-state index in [-0.39, 0.29) is 17.9 Å². The Balaban J connectivity index is 1.63. The van der Waals surface area contributed by atoms with Crippen molar-refractivity contribution in [3.05, 3.63) is 59.7 Å². The highest BCUT2D eigenvalue weighted by atomic mass is 16.3. The van der Waals surface area contributed by atoms with Crippen molar-refractivity contribution in [2.24, 2.45) is 0 Å². The normalized spacial score (nSPS) is 22.1. The second-order valence-corrected chi connectivity index (χ2v) is 8.38. The van der Waals surface area contributed by atoms with Gasteiger partial charge in [-0.25, -0.2) is 4.79 Å². The van der Waals surface area contributed by atoms with E-state index in [9.17, 15) is 9.59 Å². The third kappa shape index (κ3) is 3.40. The Kier molecular flexibility index (Phi) is 5.07. The van der Waals surface area contributed by atoms with Crippen LogP contribution in [0.5, 0.6) is 0 Å². The van der Waals surface area contributed by atoms with Crippen LogP contribution in [0.2, 0.25) is 0 Å². The predicted octanol–water partition coefficient (Wildman–Crippen LogP) is 5.30. The minimum atomic E-state index is -0.581. The molecule has 3 aliphatic rings. The lowest BCUT2D eigenvalue weighted by atomic mass is 9.88. The zero-order valence-corrected chi connectivity index (χ0v) is 17.0. The summed E-state index contributed by atoms with van der Waals surface area (Å²) in [6.07, 6.45) is 9.18. The van der Waals surface area contributed by atoms with Crippen LogP contribution in [0.1, 0.15) is 63.2 Å². The van der Waals surface area contributed by atoms with Crippen molar-refractivity contribution < 1.29 is 14.0 Å². The van der Waals surface area contributed by atoms with Crippen LogP contribution in [0, 0.1) is 0 Å². The summed E-state index contributed by atoms with van der Waals surface area (Å²) in [5.41, 5.74) is 3.14. The third-order valence-electron chi connectivity index (χ3n) is 6.40. The average Bonchev–Trinajstić information content (AvgIpc) is 3.24. The van der Waals surface area contributed by atoms with Crippen molar-refractivity contribution in [2.45, 2.75) is 63.5 Å². The highest BCUT2D eigenvalue weighted by Gasteiger charge is 2.41. The minimum Gasteiger partial charge on any atom is -0.467 e. The number of anilines is 2. The Labute approximate surface area is 176 Å². The van der Waals surface area contributed by atoms with E-state index in [1.54, 1.807) is 11.2 Å². The Morgan fingerprint density at radius 3 is 2.67 bits per heavy atom. The van der Waals surface area contributed by atoms with Crippen LogP contribution in [0.25, 0.3) is 0 Å². The van der Waals surface area contributed by atoms with Crippen molar-refractivity contribution in [1.29, 1.82) is 0 Å². The van der Waals surface area contributed by atoms with E-state index in [1.165, 1.54) is 6.42 Å². The van der Waals surface area contributed by atoms with Crippen molar-refractivity contribution in [2.75, 3.05) is 10.2 Å². The van der Waals surface area contributed by atoms with E-state index in [0.29, 0.717) is 17.8 Å². The highest BCUT2D eigenvalue weighted by Crippen LogP contribution is 2.44. The molecule has 2 heterocycles.